The summed E-state index contributed by atoms with van der Waals surface area (Å²) in [6.07, 6.45) is 16.9. The predicted octanol–water partition coefficient (Wildman–Crippen LogP) is 6.74. The van der Waals surface area contributed by atoms with E-state index in [-0.39, 0.29) is 30.4 Å². The molecular formula is C34H40O5. The molecule has 2 bridgehead atoms. The van der Waals surface area contributed by atoms with Crippen molar-refractivity contribution in [1.82, 2.24) is 0 Å². The van der Waals surface area contributed by atoms with Crippen LogP contribution in [0, 0.1) is 29.1 Å². The molecule has 4 aliphatic carbocycles. The zero-order chi connectivity index (χ0) is 27.0. The van der Waals surface area contributed by atoms with E-state index < -0.39 is 5.41 Å². The van der Waals surface area contributed by atoms with Crippen molar-refractivity contribution in [3.05, 3.63) is 82.4 Å². The number of ether oxygens (including phenoxy) is 2. The molecule has 0 radical (unpaired) electrons. The Morgan fingerprint density at radius 2 is 1.87 bits per heavy atom. The lowest BCUT2D eigenvalue weighted by atomic mass is 9.46. The Hall–Kier alpha value is -2.92. The molecule has 39 heavy (non-hydrogen) atoms. The maximum Gasteiger partial charge on any atom is 0.340 e. The zero-order valence-corrected chi connectivity index (χ0v) is 23.0. The molecule has 0 aromatic heterocycles. The highest BCUT2D eigenvalue weighted by atomic mass is 16.5. The van der Waals surface area contributed by atoms with Gasteiger partial charge < -0.3 is 14.6 Å². The van der Waals surface area contributed by atoms with Gasteiger partial charge in [0.1, 0.15) is 11.5 Å². The van der Waals surface area contributed by atoms with Gasteiger partial charge in [0.2, 0.25) is 0 Å². The Labute approximate surface area is 231 Å². The maximum atomic E-state index is 13.5. The minimum absolute atomic E-state index is 0.0603. The van der Waals surface area contributed by atoms with E-state index in [4.69, 9.17) is 14.6 Å². The van der Waals surface area contributed by atoms with Crippen molar-refractivity contribution >= 4 is 11.9 Å². The van der Waals surface area contributed by atoms with Crippen LogP contribution in [-0.2, 0) is 25.5 Å². The molecule has 206 valence electrons. The molecule has 0 amide bonds. The first kappa shape index (κ1) is 26.3. The average molecular weight is 529 g/mol. The zero-order valence-electron chi connectivity index (χ0n) is 23.0. The van der Waals surface area contributed by atoms with Crippen molar-refractivity contribution in [2.75, 3.05) is 6.61 Å². The molecule has 1 saturated heterocycles. The molecule has 1 aromatic rings. The highest BCUT2D eigenvalue weighted by Crippen LogP contribution is 2.68. The molecule has 6 aliphatic rings. The van der Waals surface area contributed by atoms with Gasteiger partial charge in [0.15, 0.2) is 0 Å². The van der Waals surface area contributed by atoms with Crippen molar-refractivity contribution < 1.29 is 24.2 Å². The summed E-state index contributed by atoms with van der Waals surface area (Å²) in [7, 11) is 0. The number of rotatable bonds is 10. The topological polar surface area (TPSA) is 72.8 Å². The van der Waals surface area contributed by atoms with Gasteiger partial charge in [-0.3, -0.25) is 0 Å². The van der Waals surface area contributed by atoms with Crippen LogP contribution in [-0.4, -0.2) is 23.7 Å². The van der Waals surface area contributed by atoms with Gasteiger partial charge in [-0.1, -0.05) is 56.2 Å². The average Bonchev–Trinajstić information content (AvgIpc) is 3.44. The van der Waals surface area contributed by atoms with Gasteiger partial charge in [0.25, 0.3) is 0 Å². The Kier molecular flexibility index (Phi) is 7.37. The molecule has 2 aliphatic heterocycles. The van der Waals surface area contributed by atoms with Gasteiger partial charge in [0, 0.05) is 29.2 Å². The number of cyclic esters (lactones) is 2. The standard InChI is InChI=1S/C34H40O5/c1-2-22(19-23-11-7-6-8-12-23)20-29-34-17-16-24(21-27(34)32(36)39-29)25-14-15-26-28(13-9-4-3-5-10-18-35)38-33(37)30(26)31(25)34/h6-8,11-13,20-22,24-25,31,35H,2-5,9-10,14-19H2,1H3. The fourth-order valence-corrected chi connectivity index (χ4v) is 7.99. The Balaban J connectivity index is 1.34. The number of fused-ring (bicyclic) bond motifs is 1. The summed E-state index contributed by atoms with van der Waals surface area (Å²) in [5.41, 5.74) is 3.38. The number of hydrogen-bond acceptors (Lipinski definition) is 5. The third-order valence-corrected chi connectivity index (χ3v) is 9.88. The quantitative estimate of drug-likeness (QED) is 0.269. The predicted molar refractivity (Wildman–Crippen MR) is 149 cm³/mol. The molecule has 7 rings (SSSR count). The Bertz CT molecular complexity index is 1250. The van der Waals surface area contributed by atoms with E-state index in [2.05, 4.69) is 49.4 Å². The second-order valence-electron chi connectivity index (χ2n) is 12.0. The van der Waals surface area contributed by atoms with Gasteiger partial charge in [-0.05, 0) is 93.3 Å². The molecule has 5 heteroatoms. The van der Waals surface area contributed by atoms with Crippen LogP contribution in [0.1, 0.15) is 76.7 Å². The van der Waals surface area contributed by atoms with Gasteiger partial charge in [-0.25, -0.2) is 9.59 Å². The molecule has 5 unspecified atom stereocenters. The van der Waals surface area contributed by atoms with Gasteiger partial charge in [0.05, 0.1) is 5.41 Å². The van der Waals surface area contributed by atoms with Crippen molar-refractivity contribution in [3.63, 3.8) is 0 Å². The van der Waals surface area contributed by atoms with Crippen molar-refractivity contribution in [2.45, 2.75) is 77.6 Å². The number of benzene rings is 1. The third kappa shape index (κ3) is 4.53. The Morgan fingerprint density at radius 1 is 1.05 bits per heavy atom. The van der Waals surface area contributed by atoms with Gasteiger partial charge in [-0.15, -0.1) is 0 Å². The van der Waals surface area contributed by atoms with Gasteiger partial charge >= 0.3 is 11.9 Å². The second-order valence-corrected chi connectivity index (χ2v) is 12.0. The highest BCUT2D eigenvalue weighted by Gasteiger charge is 2.66. The first-order valence-corrected chi connectivity index (χ1v) is 15.0. The summed E-state index contributed by atoms with van der Waals surface area (Å²) in [6, 6.07) is 10.5. The van der Waals surface area contributed by atoms with Crippen LogP contribution in [0.5, 0.6) is 0 Å². The van der Waals surface area contributed by atoms with E-state index in [1.807, 2.05) is 6.07 Å². The number of carbonyl (C=O) groups excluding carboxylic acids is 2. The van der Waals surface area contributed by atoms with Crippen LogP contribution >= 0.6 is 0 Å². The number of esters is 2. The van der Waals surface area contributed by atoms with Crippen LogP contribution in [0.2, 0.25) is 0 Å². The van der Waals surface area contributed by atoms with Gasteiger partial charge in [-0.2, -0.15) is 0 Å². The molecule has 1 N–H and O–H groups in total. The summed E-state index contributed by atoms with van der Waals surface area (Å²) < 4.78 is 12.0. The highest BCUT2D eigenvalue weighted by molar-refractivity contribution is 5.99. The molecule has 5 atom stereocenters. The van der Waals surface area contributed by atoms with Crippen molar-refractivity contribution in [2.24, 2.45) is 29.1 Å². The minimum atomic E-state index is -0.555. The van der Waals surface area contributed by atoms with E-state index in [0.717, 1.165) is 98.9 Å². The summed E-state index contributed by atoms with van der Waals surface area (Å²) in [6.45, 7) is 2.43. The van der Waals surface area contributed by atoms with Crippen LogP contribution in [0.15, 0.2) is 76.8 Å². The molecular weight excluding hydrogens is 488 g/mol. The summed E-state index contributed by atoms with van der Waals surface area (Å²) in [4.78, 5) is 26.8. The first-order chi connectivity index (χ1) is 19.1. The second kappa shape index (κ2) is 10.9. The Morgan fingerprint density at radius 3 is 2.67 bits per heavy atom. The smallest absolute Gasteiger partial charge is 0.340 e. The van der Waals surface area contributed by atoms with E-state index >= 15 is 0 Å². The van der Waals surface area contributed by atoms with E-state index in [0.29, 0.717) is 11.8 Å². The molecule has 1 saturated carbocycles. The lowest BCUT2D eigenvalue weighted by molar-refractivity contribution is -0.135. The first-order valence-electron chi connectivity index (χ1n) is 15.0. The minimum Gasteiger partial charge on any atom is -0.427 e. The molecule has 1 spiro atoms. The van der Waals surface area contributed by atoms with E-state index in [1.165, 1.54) is 5.56 Å². The molecule has 2 fully saturated rings. The van der Waals surface area contributed by atoms with Crippen LogP contribution in [0.3, 0.4) is 0 Å². The number of aliphatic hydroxyl groups excluding tert-OH is 1. The SMILES string of the molecule is CCC(C=C1OC(=O)C2=CC3CCC12C1C2=C(CCC31)C(=CCCCCCCO)OC2=O)Cc1ccccc1. The monoisotopic (exact) mass is 528 g/mol. The lowest BCUT2D eigenvalue weighted by Gasteiger charge is -2.54. The summed E-state index contributed by atoms with van der Waals surface area (Å²) >= 11 is 0. The van der Waals surface area contributed by atoms with E-state index in [1.54, 1.807) is 0 Å². The largest absolute Gasteiger partial charge is 0.427 e. The van der Waals surface area contributed by atoms with Crippen LogP contribution < -0.4 is 0 Å². The third-order valence-electron chi connectivity index (χ3n) is 9.88. The number of carbonyl (C=O) groups is 2. The van der Waals surface area contributed by atoms with Crippen LogP contribution in [0.4, 0.5) is 0 Å². The number of hydrogen-bond donors (Lipinski definition) is 1. The summed E-state index contributed by atoms with van der Waals surface area (Å²) in [5.74, 6) is 1.90. The number of unbranched alkanes of at least 4 members (excludes halogenated alkanes) is 4. The molecule has 1 aromatic carbocycles. The molecule has 5 nitrogen and oxygen atoms in total. The number of aliphatic hydroxyl groups is 1. The fourth-order valence-electron chi connectivity index (χ4n) is 7.99. The lowest BCUT2D eigenvalue weighted by Crippen LogP contribution is -2.50. The molecule has 2 heterocycles. The van der Waals surface area contributed by atoms with E-state index in [9.17, 15) is 9.59 Å². The summed E-state index contributed by atoms with van der Waals surface area (Å²) in [5, 5.41) is 9.01. The van der Waals surface area contributed by atoms with Crippen molar-refractivity contribution in [1.29, 1.82) is 0 Å². The van der Waals surface area contributed by atoms with Crippen molar-refractivity contribution in [3.8, 4) is 0 Å². The normalized spacial score (nSPS) is 31.6. The van der Waals surface area contributed by atoms with Crippen LogP contribution in [0.25, 0.3) is 0 Å². The number of allylic oxidation sites excluding steroid dienone is 5. The fraction of sp³-hybridized carbons (Fsp3) is 0.529. The maximum absolute atomic E-state index is 13.5.